The van der Waals surface area contributed by atoms with Crippen molar-refractivity contribution in [3.8, 4) is 39.1 Å². The average Bonchev–Trinajstić information content (AvgIpc) is 4.04. The van der Waals surface area contributed by atoms with Gasteiger partial charge in [-0.25, -0.2) is 0 Å². The van der Waals surface area contributed by atoms with Crippen LogP contribution in [-0.4, -0.2) is 4.57 Å². The number of thiophene rings is 1. The fourth-order valence-corrected chi connectivity index (χ4v) is 10.8. The normalized spacial score (nSPS) is 11.8. The van der Waals surface area contributed by atoms with Crippen molar-refractivity contribution in [2.24, 2.45) is 0 Å². The minimum atomic E-state index is 0.899. The highest BCUT2D eigenvalue weighted by molar-refractivity contribution is 7.25. The fraction of sp³-hybridized carbons (Fsp3) is 0. The summed E-state index contributed by atoms with van der Waals surface area (Å²) in [4.78, 5) is 2.35. The molecule has 4 heteroatoms. The van der Waals surface area contributed by atoms with Gasteiger partial charge in [-0.2, -0.15) is 0 Å². The molecule has 0 fully saturated rings. The third-order valence-electron chi connectivity index (χ3n) is 12.8. The van der Waals surface area contributed by atoms with Crippen LogP contribution in [0, 0.1) is 0 Å². The van der Waals surface area contributed by atoms with Crippen molar-refractivity contribution >= 4 is 92.3 Å². The molecule has 0 aliphatic heterocycles. The van der Waals surface area contributed by atoms with Gasteiger partial charge in [0.25, 0.3) is 0 Å². The summed E-state index contributed by atoms with van der Waals surface area (Å²) in [7, 11) is 0. The van der Waals surface area contributed by atoms with Crippen LogP contribution in [0.25, 0.3) is 103 Å². The lowest BCUT2D eigenvalue weighted by Crippen LogP contribution is -2.09. The standard InChI is InChI=1S/C60H38N2OS/c1-2-10-39(11-3-1)40-18-27-45(28-19-40)61(47-31-24-43(25-32-47)44-26-37-58-53(38-44)50-13-6-9-17-57(50)64-58)46-29-20-41(21-30-46)42-22-33-48(34-23-42)62-54-15-7-4-12-49(54)51-35-36-56-59(60(51)62)52-14-5-8-16-55(52)63-56/h1-38H. The largest absolute Gasteiger partial charge is 0.456 e. The zero-order valence-corrected chi connectivity index (χ0v) is 35.5. The van der Waals surface area contributed by atoms with E-state index in [4.69, 9.17) is 4.42 Å². The first-order chi connectivity index (χ1) is 31.7. The van der Waals surface area contributed by atoms with E-state index < -0.39 is 0 Å². The first kappa shape index (κ1) is 36.5. The molecule has 0 aliphatic carbocycles. The smallest absolute Gasteiger partial charge is 0.137 e. The SMILES string of the molecule is c1ccc(-c2ccc(N(c3ccc(-c4ccc(-n5c6ccccc6c6ccc7oc8ccccc8c7c65)cc4)cc3)c3ccc(-c4ccc5sc6ccccc6c5c4)cc3)cc2)cc1. The average molecular weight is 835 g/mol. The van der Waals surface area contributed by atoms with Crippen molar-refractivity contribution in [3.05, 3.63) is 231 Å². The lowest BCUT2D eigenvalue weighted by molar-refractivity contribution is 0.669. The monoisotopic (exact) mass is 834 g/mol. The van der Waals surface area contributed by atoms with Crippen molar-refractivity contribution < 1.29 is 4.42 Å². The second-order valence-electron chi connectivity index (χ2n) is 16.5. The molecular formula is C60H38N2OS. The van der Waals surface area contributed by atoms with Crippen molar-refractivity contribution in [1.29, 1.82) is 0 Å². The highest BCUT2D eigenvalue weighted by Gasteiger charge is 2.19. The summed E-state index contributed by atoms with van der Waals surface area (Å²) in [5.74, 6) is 0. The van der Waals surface area contributed by atoms with Gasteiger partial charge in [0, 0.05) is 59.1 Å². The third-order valence-corrected chi connectivity index (χ3v) is 14.0. The second kappa shape index (κ2) is 14.7. The molecule has 0 N–H and O–H groups in total. The van der Waals surface area contributed by atoms with E-state index in [-0.39, 0.29) is 0 Å². The molecule has 10 aromatic carbocycles. The maximum atomic E-state index is 6.36. The van der Waals surface area contributed by atoms with Crippen molar-refractivity contribution in [2.45, 2.75) is 0 Å². The van der Waals surface area contributed by atoms with Crippen LogP contribution in [0.5, 0.6) is 0 Å². The van der Waals surface area contributed by atoms with Gasteiger partial charge < -0.3 is 13.9 Å². The maximum Gasteiger partial charge on any atom is 0.137 e. The number of anilines is 3. The molecule has 0 amide bonds. The van der Waals surface area contributed by atoms with E-state index in [1.807, 2.05) is 17.4 Å². The first-order valence-electron chi connectivity index (χ1n) is 21.7. The van der Waals surface area contributed by atoms with Gasteiger partial charge in [-0.3, -0.25) is 0 Å². The summed E-state index contributed by atoms with van der Waals surface area (Å²) in [5.41, 5.74) is 15.7. The van der Waals surface area contributed by atoms with E-state index in [0.717, 1.165) is 55.8 Å². The zero-order valence-electron chi connectivity index (χ0n) is 34.7. The molecule has 3 aromatic heterocycles. The fourth-order valence-electron chi connectivity index (χ4n) is 9.73. The summed E-state index contributed by atoms with van der Waals surface area (Å²) in [6.07, 6.45) is 0. The van der Waals surface area contributed by atoms with Gasteiger partial charge in [0.1, 0.15) is 11.2 Å². The van der Waals surface area contributed by atoms with Gasteiger partial charge in [0.2, 0.25) is 0 Å². The highest BCUT2D eigenvalue weighted by atomic mass is 32.1. The minimum Gasteiger partial charge on any atom is -0.456 e. The molecule has 3 nitrogen and oxygen atoms in total. The Morgan fingerprint density at radius 3 is 1.55 bits per heavy atom. The molecule has 0 saturated carbocycles. The Labute approximate surface area is 373 Å². The Morgan fingerprint density at radius 1 is 0.344 bits per heavy atom. The Balaban J connectivity index is 0.862. The van der Waals surface area contributed by atoms with Crippen LogP contribution in [0.1, 0.15) is 0 Å². The van der Waals surface area contributed by atoms with Crippen LogP contribution in [0.2, 0.25) is 0 Å². The van der Waals surface area contributed by atoms with E-state index in [2.05, 4.69) is 234 Å². The molecule has 64 heavy (non-hydrogen) atoms. The van der Waals surface area contributed by atoms with E-state index in [1.165, 1.54) is 64.2 Å². The Kier molecular flexibility index (Phi) is 8.40. The molecule has 13 rings (SSSR count). The molecule has 0 unspecified atom stereocenters. The van der Waals surface area contributed by atoms with Crippen molar-refractivity contribution in [1.82, 2.24) is 4.57 Å². The van der Waals surface area contributed by atoms with Crippen LogP contribution >= 0.6 is 11.3 Å². The summed E-state index contributed by atoms with van der Waals surface area (Å²) in [5, 5.41) is 7.35. The number of nitrogens with zero attached hydrogens (tertiary/aromatic N) is 2. The van der Waals surface area contributed by atoms with Gasteiger partial charge in [-0.05, 0) is 124 Å². The first-order valence-corrected chi connectivity index (χ1v) is 22.6. The molecule has 0 spiro atoms. The van der Waals surface area contributed by atoms with Gasteiger partial charge in [-0.1, -0.05) is 140 Å². The van der Waals surface area contributed by atoms with Crippen molar-refractivity contribution in [2.75, 3.05) is 4.90 Å². The maximum absolute atomic E-state index is 6.36. The number of hydrogen-bond acceptors (Lipinski definition) is 3. The third kappa shape index (κ3) is 5.95. The van der Waals surface area contributed by atoms with Crippen molar-refractivity contribution in [3.63, 3.8) is 0 Å². The van der Waals surface area contributed by atoms with Crippen LogP contribution in [0.15, 0.2) is 235 Å². The molecule has 300 valence electrons. The summed E-state index contributed by atoms with van der Waals surface area (Å²) >= 11 is 1.86. The van der Waals surface area contributed by atoms with Gasteiger partial charge >= 0.3 is 0 Å². The van der Waals surface area contributed by atoms with Gasteiger partial charge in [0.15, 0.2) is 0 Å². The highest BCUT2D eigenvalue weighted by Crippen LogP contribution is 2.43. The van der Waals surface area contributed by atoms with Crippen LogP contribution in [-0.2, 0) is 0 Å². The summed E-state index contributed by atoms with van der Waals surface area (Å²) in [6, 6.07) is 83.4. The Hall–Kier alpha value is -8.18. The van der Waals surface area contributed by atoms with Crippen LogP contribution in [0.4, 0.5) is 17.1 Å². The number of aromatic nitrogens is 1. The van der Waals surface area contributed by atoms with Crippen LogP contribution in [0.3, 0.4) is 0 Å². The number of rotatable bonds is 7. The van der Waals surface area contributed by atoms with E-state index in [0.29, 0.717) is 0 Å². The quantitative estimate of drug-likeness (QED) is 0.159. The number of furan rings is 1. The summed E-state index contributed by atoms with van der Waals surface area (Å²) < 4.78 is 11.4. The number of fused-ring (bicyclic) bond motifs is 10. The van der Waals surface area contributed by atoms with Crippen LogP contribution < -0.4 is 4.90 Å². The molecular weight excluding hydrogens is 797 g/mol. The van der Waals surface area contributed by atoms with E-state index >= 15 is 0 Å². The predicted octanol–water partition coefficient (Wildman–Crippen LogP) is 17.5. The number of benzene rings is 10. The topological polar surface area (TPSA) is 21.3 Å². The molecule has 0 bridgehead atoms. The van der Waals surface area contributed by atoms with E-state index in [1.54, 1.807) is 0 Å². The molecule has 0 aliphatic rings. The molecule has 0 radical (unpaired) electrons. The zero-order chi connectivity index (χ0) is 42.1. The van der Waals surface area contributed by atoms with Gasteiger partial charge in [0.05, 0.1) is 16.4 Å². The number of para-hydroxylation sites is 2. The molecule has 0 saturated heterocycles. The number of hydrogen-bond donors (Lipinski definition) is 0. The Bertz CT molecular complexity index is 3860. The lowest BCUT2D eigenvalue weighted by Gasteiger charge is -2.26. The molecule has 13 aromatic rings. The molecule has 0 atom stereocenters. The minimum absolute atomic E-state index is 0.899. The Morgan fingerprint density at radius 2 is 0.859 bits per heavy atom. The van der Waals surface area contributed by atoms with Gasteiger partial charge in [-0.15, -0.1) is 11.3 Å². The second-order valence-corrected chi connectivity index (χ2v) is 17.6. The predicted molar refractivity (Wildman–Crippen MR) is 272 cm³/mol. The lowest BCUT2D eigenvalue weighted by atomic mass is 10.0. The van der Waals surface area contributed by atoms with E-state index in [9.17, 15) is 0 Å². The molecule has 3 heterocycles. The summed E-state index contributed by atoms with van der Waals surface area (Å²) in [6.45, 7) is 0.